The summed E-state index contributed by atoms with van der Waals surface area (Å²) < 4.78 is 46.6. The van der Waals surface area contributed by atoms with Crippen LogP contribution in [0.4, 0.5) is 6.01 Å². The minimum absolute atomic E-state index is 0.119. The topological polar surface area (TPSA) is 133 Å². The van der Waals surface area contributed by atoms with Gasteiger partial charge in [-0.15, -0.1) is 5.10 Å². The Balaban J connectivity index is 1.82. The van der Waals surface area contributed by atoms with Crippen molar-refractivity contribution in [3.63, 3.8) is 0 Å². The zero-order valence-electron chi connectivity index (χ0n) is 17.2. The average Bonchev–Trinajstić information content (AvgIpc) is 3.20. The molecule has 12 heteroatoms. The zero-order chi connectivity index (χ0) is 21.9. The van der Waals surface area contributed by atoms with E-state index < -0.39 is 22.0 Å². The Labute approximate surface area is 174 Å². The highest BCUT2D eigenvalue weighted by Gasteiger charge is 2.35. The minimum Gasteiger partial charge on any atom is -0.493 e. The van der Waals surface area contributed by atoms with Gasteiger partial charge in [-0.25, -0.2) is 8.42 Å². The van der Waals surface area contributed by atoms with Crippen LogP contribution in [0.5, 0.6) is 17.2 Å². The maximum atomic E-state index is 12.7. The molecule has 1 fully saturated rings. The number of methoxy groups -OCH3 is 3. The number of benzene rings is 1. The third-order valence-electron chi connectivity index (χ3n) is 4.75. The van der Waals surface area contributed by atoms with Gasteiger partial charge in [-0.3, -0.25) is 10.1 Å². The number of ether oxygens (including phenoxy) is 3. The van der Waals surface area contributed by atoms with Gasteiger partial charge in [0.15, 0.2) is 11.5 Å². The zero-order valence-corrected chi connectivity index (χ0v) is 18.0. The maximum absolute atomic E-state index is 12.7. The fraction of sp³-hybridized carbons (Fsp3) is 0.500. The van der Waals surface area contributed by atoms with Crippen LogP contribution in [0.2, 0.25) is 0 Å². The number of rotatable bonds is 7. The van der Waals surface area contributed by atoms with E-state index >= 15 is 0 Å². The Bertz CT molecular complexity index is 996. The highest BCUT2D eigenvalue weighted by Crippen LogP contribution is 2.41. The van der Waals surface area contributed by atoms with E-state index in [2.05, 4.69) is 15.5 Å². The van der Waals surface area contributed by atoms with Gasteiger partial charge in [0.2, 0.25) is 27.6 Å². The molecule has 11 nitrogen and oxygen atoms in total. The van der Waals surface area contributed by atoms with Crippen LogP contribution in [0.25, 0.3) is 11.5 Å². The Morgan fingerprint density at radius 2 is 1.80 bits per heavy atom. The van der Waals surface area contributed by atoms with E-state index in [9.17, 15) is 13.2 Å². The summed E-state index contributed by atoms with van der Waals surface area (Å²) >= 11 is 0. The number of aromatic nitrogens is 2. The molecule has 2 aromatic rings. The fourth-order valence-electron chi connectivity index (χ4n) is 3.35. The van der Waals surface area contributed by atoms with E-state index in [-0.39, 0.29) is 11.9 Å². The van der Waals surface area contributed by atoms with Crippen LogP contribution < -0.4 is 19.5 Å². The summed E-state index contributed by atoms with van der Waals surface area (Å²) in [5.41, 5.74) is 0.493. The molecule has 1 aliphatic rings. The number of hydrogen-bond donors (Lipinski definition) is 1. The maximum Gasteiger partial charge on any atom is 0.322 e. The SMILES string of the molecule is COc1cc(-c2nnc(NC(=O)C3CCCCN3S(C)(=O)=O)o2)cc(OC)c1OC. The lowest BCUT2D eigenvalue weighted by Gasteiger charge is -2.32. The van der Waals surface area contributed by atoms with Crippen LogP contribution in [-0.2, 0) is 14.8 Å². The second-order valence-electron chi connectivity index (χ2n) is 6.70. The molecule has 1 aromatic carbocycles. The molecule has 3 rings (SSSR count). The summed E-state index contributed by atoms with van der Waals surface area (Å²) in [5, 5.41) is 10.3. The Morgan fingerprint density at radius 3 is 2.37 bits per heavy atom. The van der Waals surface area contributed by atoms with E-state index in [1.807, 2.05) is 0 Å². The number of nitrogens with zero attached hydrogens (tertiary/aromatic N) is 3. The minimum atomic E-state index is -3.51. The molecule has 1 amide bonds. The van der Waals surface area contributed by atoms with Crippen molar-refractivity contribution in [3.8, 4) is 28.7 Å². The Hall–Kier alpha value is -2.86. The van der Waals surface area contributed by atoms with Crippen LogP contribution in [0, 0.1) is 0 Å². The molecule has 0 saturated carbocycles. The Kier molecular flexibility index (Phi) is 6.46. The lowest BCUT2D eigenvalue weighted by atomic mass is 10.0. The fourth-order valence-corrected chi connectivity index (χ4v) is 4.47. The van der Waals surface area contributed by atoms with Crippen molar-refractivity contribution in [2.24, 2.45) is 0 Å². The predicted molar refractivity (Wildman–Crippen MR) is 107 cm³/mol. The molecule has 0 radical (unpaired) electrons. The summed E-state index contributed by atoms with van der Waals surface area (Å²) in [6.07, 6.45) is 2.98. The van der Waals surface area contributed by atoms with Gasteiger partial charge in [0, 0.05) is 12.1 Å². The first-order valence-electron chi connectivity index (χ1n) is 9.20. The number of anilines is 1. The van der Waals surface area contributed by atoms with Crippen molar-refractivity contribution < 1.29 is 31.8 Å². The first-order valence-corrected chi connectivity index (χ1v) is 11.0. The van der Waals surface area contributed by atoms with Gasteiger partial charge in [-0.2, -0.15) is 4.31 Å². The van der Waals surface area contributed by atoms with E-state index in [1.165, 1.54) is 25.6 Å². The van der Waals surface area contributed by atoms with Crippen LogP contribution in [-0.4, -0.2) is 69.0 Å². The number of carbonyl (C=O) groups is 1. The lowest BCUT2D eigenvalue weighted by Crippen LogP contribution is -2.49. The van der Waals surface area contributed by atoms with Crippen molar-refractivity contribution in [3.05, 3.63) is 12.1 Å². The molecule has 1 atom stereocenters. The van der Waals surface area contributed by atoms with Gasteiger partial charge >= 0.3 is 6.01 Å². The first-order chi connectivity index (χ1) is 14.3. The normalized spacial score (nSPS) is 17.4. The molecule has 164 valence electrons. The third kappa shape index (κ3) is 4.49. The molecule has 0 aliphatic carbocycles. The van der Waals surface area contributed by atoms with E-state index in [0.717, 1.165) is 12.7 Å². The van der Waals surface area contributed by atoms with Crippen LogP contribution >= 0.6 is 0 Å². The molecule has 1 aromatic heterocycles. The van der Waals surface area contributed by atoms with Crippen LogP contribution in [0.1, 0.15) is 19.3 Å². The van der Waals surface area contributed by atoms with Crippen molar-refractivity contribution in [2.75, 3.05) is 39.4 Å². The van der Waals surface area contributed by atoms with E-state index in [0.29, 0.717) is 42.2 Å². The van der Waals surface area contributed by atoms with Gasteiger partial charge in [-0.1, -0.05) is 11.5 Å². The van der Waals surface area contributed by atoms with E-state index in [1.54, 1.807) is 12.1 Å². The second kappa shape index (κ2) is 8.88. The van der Waals surface area contributed by atoms with Crippen molar-refractivity contribution in [1.82, 2.24) is 14.5 Å². The molecule has 1 saturated heterocycles. The summed E-state index contributed by atoms with van der Waals surface area (Å²) in [6.45, 7) is 0.303. The summed E-state index contributed by atoms with van der Waals surface area (Å²) in [5.74, 6) is 0.826. The van der Waals surface area contributed by atoms with Crippen molar-refractivity contribution in [1.29, 1.82) is 0 Å². The molecule has 2 heterocycles. The van der Waals surface area contributed by atoms with Crippen LogP contribution in [0.3, 0.4) is 0 Å². The molecule has 1 N–H and O–H groups in total. The summed E-state index contributed by atoms with van der Waals surface area (Å²) in [7, 11) is 0.954. The molecule has 1 aliphatic heterocycles. The number of nitrogens with one attached hydrogen (secondary N) is 1. The smallest absolute Gasteiger partial charge is 0.322 e. The number of hydrogen-bond acceptors (Lipinski definition) is 9. The van der Waals surface area contributed by atoms with Crippen LogP contribution in [0.15, 0.2) is 16.5 Å². The van der Waals surface area contributed by atoms with Gasteiger partial charge in [0.1, 0.15) is 6.04 Å². The van der Waals surface area contributed by atoms with E-state index in [4.69, 9.17) is 18.6 Å². The largest absolute Gasteiger partial charge is 0.493 e. The summed E-state index contributed by atoms with van der Waals surface area (Å²) in [4.78, 5) is 12.7. The molecular formula is C18H24N4O7S. The number of sulfonamides is 1. The second-order valence-corrected chi connectivity index (χ2v) is 8.64. The number of piperidine rings is 1. The summed E-state index contributed by atoms with van der Waals surface area (Å²) in [6, 6.07) is 2.31. The van der Waals surface area contributed by atoms with Gasteiger partial charge < -0.3 is 18.6 Å². The Morgan fingerprint density at radius 1 is 1.13 bits per heavy atom. The molecule has 30 heavy (non-hydrogen) atoms. The highest BCUT2D eigenvalue weighted by atomic mass is 32.2. The monoisotopic (exact) mass is 440 g/mol. The highest BCUT2D eigenvalue weighted by molar-refractivity contribution is 7.88. The third-order valence-corrected chi connectivity index (χ3v) is 6.04. The first kappa shape index (κ1) is 21.8. The molecule has 1 unspecified atom stereocenters. The molecule has 0 spiro atoms. The predicted octanol–water partition coefficient (Wildman–Crippen LogP) is 1.51. The van der Waals surface area contributed by atoms with Gasteiger partial charge in [-0.05, 0) is 25.0 Å². The van der Waals surface area contributed by atoms with Crippen molar-refractivity contribution in [2.45, 2.75) is 25.3 Å². The average molecular weight is 440 g/mol. The number of amides is 1. The quantitative estimate of drug-likeness (QED) is 0.680. The molecular weight excluding hydrogens is 416 g/mol. The number of carbonyl (C=O) groups excluding carboxylic acids is 1. The van der Waals surface area contributed by atoms with Gasteiger partial charge in [0.05, 0.1) is 27.6 Å². The standard InChI is InChI=1S/C18H24N4O7S/c1-26-13-9-11(10-14(27-2)15(13)28-3)17-20-21-18(29-17)19-16(23)12-7-5-6-8-22(12)30(4,24)25/h9-10,12H,5-8H2,1-4H3,(H,19,21,23). The van der Waals surface area contributed by atoms with Crippen molar-refractivity contribution >= 4 is 21.9 Å². The molecule has 0 bridgehead atoms. The lowest BCUT2D eigenvalue weighted by molar-refractivity contribution is -0.120. The van der Waals surface area contributed by atoms with Gasteiger partial charge in [0.25, 0.3) is 0 Å².